The SMILES string of the molecule is COc1ccccc1C(=O)Nc1nc(-c2cccs2)ns1. The van der Waals surface area contributed by atoms with E-state index in [4.69, 9.17) is 4.74 Å². The maximum absolute atomic E-state index is 12.2. The number of rotatable bonds is 4. The molecular weight excluding hydrogens is 306 g/mol. The van der Waals surface area contributed by atoms with Crippen molar-refractivity contribution in [1.29, 1.82) is 0 Å². The third-order valence-corrected chi connectivity index (χ3v) is 4.24. The van der Waals surface area contributed by atoms with Crippen LogP contribution in [-0.4, -0.2) is 22.4 Å². The molecule has 0 aliphatic heterocycles. The number of methoxy groups -OCH3 is 1. The predicted octanol–water partition coefficient (Wildman–Crippen LogP) is 3.53. The number of nitrogens with one attached hydrogen (secondary N) is 1. The number of carbonyl (C=O) groups excluding carboxylic acids is 1. The maximum atomic E-state index is 12.2. The number of thiophene rings is 1. The molecule has 0 saturated carbocycles. The third kappa shape index (κ3) is 2.93. The fraction of sp³-hybridized carbons (Fsp3) is 0.0714. The first-order chi connectivity index (χ1) is 10.3. The van der Waals surface area contributed by atoms with Crippen molar-refractivity contribution in [2.45, 2.75) is 0 Å². The molecule has 0 fully saturated rings. The van der Waals surface area contributed by atoms with Crippen LogP contribution in [0.15, 0.2) is 41.8 Å². The summed E-state index contributed by atoms with van der Waals surface area (Å²) in [5.41, 5.74) is 0.466. The van der Waals surface area contributed by atoms with Crippen molar-refractivity contribution >= 4 is 33.9 Å². The van der Waals surface area contributed by atoms with E-state index in [1.807, 2.05) is 23.6 Å². The molecule has 0 radical (unpaired) electrons. The van der Waals surface area contributed by atoms with E-state index in [0.717, 1.165) is 16.4 Å². The number of benzene rings is 1. The molecule has 0 atom stereocenters. The number of hydrogen-bond acceptors (Lipinski definition) is 6. The molecule has 5 nitrogen and oxygen atoms in total. The summed E-state index contributed by atoms with van der Waals surface area (Å²) in [6, 6.07) is 10.9. The van der Waals surface area contributed by atoms with E-state index in [1.165, 1.54) is 7.11 Å². The fourth-order valence-corrected chi connectivity index (χ4v) is 3.07. The van der Waals surface area contributed by atoms with Gasteiger partial charge in [-0.2, -0.15) is 9.36 Å². The van der Waals surface area contributed by atoms with Crippen molar-refractivity contribution in [2.75, 3.05) is 12.4 Å². The Balaban J connectivity index is 1.79. The zero-order valence-corrected chi connectivity index (χ0v) is 12.7. The normalized spacial score (nSPS) is 10.3. The minimum Gasteiger partial charge on any atom is -0.496 e. The summed E-state index contributed by atoms with van der Waals surface area (Å²) in [5, 5.41) is 5.17. The average Bonchev–Trinajstić information content (AvgIpc) is 3.17. The first-order valence-corrected chi connectivity index (χ1v) is 7.75. The number of aromatic nitrogens is 2. The van der Waals surface area contributed by atoms with Crippen molar-refractivity contribution < 1.29 is 9.53 Å². The fourth-order valence-electron chi connectivity index (χ4n) is 1.78. The summed E-state index contributed by atoms with van der Waals surface area (Å²) >= 11 is 2.72. The summed E-state index contributed by atoms with van der Waals surface area (Å²) in [4.78, 5) is 17.5. The van der Waals surface area contributed by atoms with Gasteiger partial charge < -0.3 is 4.74 Å². The van der Waals surface area contributed by atoms with E-state index in [2.05, 4.69) is 14.7 Å². The first kappa shape index (κ1) is 13.7. The second kappa shape index (κ2) is 6.02. The molecule has 7 heteroatoms. The lowest BCUT2D eigenvalue weighted by Gasteiger charge is -2.06. The summed E-state index contributed by atoms with van der Waals surface area (Å²) in [6.45, 7) is 0. The highest BCUT2D eigenvalue weighted by Gasteiger charge is 2.14. The number of amides is 1. The number of para-hydroxylation sites is 1. The van der Waals surface area contributed by atoms with Gasteiger partial charge in [0.15, 0.2) is 5.82 Å². The lowest BCUT2D eigenvalue weighted by atomic mass is 10.2. The third-order valence-electron chi connectivity index (χ3n) is 2.74. The zero-order chi connectivity index (χ0) is 14.7. The van der Waals surface area contributed by atoms with Crippen molar-refractivity contribution in [1.82, 2.24) is 9.36 Å². The van der Waals surface area contributed by atoms with Crippen molar-refractivity contribution in [3.63, 3.8) is 0 Å². The number of anilines is 1. The lowest BCUT2D eigenvalue weighted by Crippen LogP contribution is -2.12. The Hall–Kier alpha value is -2.25. The molecule has 0 unspecified atom stereocenters. The van der Waals surface area contributed by atoms with E-state index in [-0.39, 0.29) is 5.91 Å². The van der Waals surface area contributed by atoms with E-state index >= 15 is 0 Å². The van der Waals surface area contributed by atoms with Crippen LogP contribution in [0.4, 0.5) is 5.13 Å². The van der Waals surface area contributed by atoms with Crippen LogP contribution < -0.4 is 10.1 Å². The summed E-state index contributed by atoms with van der Waals surface area (Å²) in [6.07, 6.45) is 0. The first-order valence-electron chi connectivity index (χ1n) is 6.10. The number of hydrogen-bond donors (Lipinski definition) is 1. The monoisotopic (exact) mass is 317 g/mol. The van der Waals surface area contributed by atoms with Gasteiger partial charge in [0.2, 0.25) is 5.13 Å². The van der Waals surface area contributed by atoms with E-state index in [0.29, 0.717) is 22.3 Å². The molecule has 0 spiro atoms. The molecule has 21 heavy (non-hydrogen) atoms. The minimum absolute atomic E-state index is 0.263. The number of nitrogens with zero attached hydrogens (tertiary/aromatic N) is 2. The maximum Gasteiger partial charge on any atom is 0.261 e. The quantitative estimate of drug-likeness (QED) is 0.799. The highest BCUT2D eigenvalue weighted by atomic mass is 32.1. The second-order valence-electron chi connectivity index (χ2n) is 4.05. The van der Waals surface area contributed by atoms with Gasteiger partial charge in [-0.05, 0) is 23.6 Å². The van der Waals surface area contributed by atoms with Gasteiger partial charge in [-0.1, -0.05) is 18.2 Å². The Morgan fingerprint density at radius 3 is 2.86 bits per heavy atom. The van der Waals surface area contributed by atoms with Gasteiger partial charge in [-0.25, -0.2) is 0 Å². The van der Waals surface area contributed by atoms with Crippen LogP contribution in [0.5, 0.6) is 5.75 Å². The topological polar surface area (TPSA) is 64.1 Å². The van der Waals surface area contributed by atoms with Crippen LogP contribution in [0.25, 0.3) is 10.7 Å². The van der Waals surface area contributed by atoms with Crippen LogP contribution in [0.2, 0.25) is 0 Å². The molecule has 0 aliphatic rings. The average molecular weight is 317 g/mol. The number of carbonyl (C=O) groups is 1. The molecule has 1 amide bonds. The van der Waals surface area contributed by atoms with Crippen molar-refractivity contribution in [3.05, 3.63) is 47.3 Å². The summed E-state index contributed by atoms with van der Waals surface area (Å²) < 4.78 is 9.42. The molecule has 0 aliphatic carbocycles. The van der Waals surface area contributed by atoms with Gasteiger partial charge in [0.05, 0.1) is 17.6 Å². The van der Waals surface area contributed by atoms with Gasteiger partial charge in [0.1, 0.15) is 5.75 Å². The van der Waals surface area contributed by atoms with Crippen LogP contribution in [0, 0.1) is 0 Å². The molecule has 0 bridgehead atoms. The highest BCUT2D eigenvalue weighted by molar-refractivity contribution is 7.14. The van der Waals surface area contributed by atoms with Gasteiger partial charge in [0.25, 0.3) is 5.91 Å². The Morgan fingerprint density at radius 2 is 2.10 bits per heavy atom. The van der Waals surface area contributed by atoms with Gasteiger partial charge in [-0.15, -0.1) is 11.3 Å². The Labute approximate surface area is 129 Å². The molecule has 1 N–H and O–H groups in total. The molecule has 3 aromatic rings. The van der Waals surface area contributed by atoms with E-state index < -0.39 is 0 Å². The highest BCUT2D eigenvalue weighted by Crippen LogP contribution is 2.26. The summed E-state index contributed by atoms with van der Waals surface area (Å²) in [5.74, 6) is 0.893. The standard InChI is InChI=1S/C14H11N3O2S2/c1-19-10-6-3-2-5-9(10)13(18)16-14-15-12(17-21-14)11-7-4-8-20-11/h2-8H,1H3,(H,15,16,17,18). The Morgan fingerprint density at radius 1 is 1.24 bits per heavy atom. The lowest BCUT2D eigenvalue weighted by molar-refractivity contribution is 0.102. The zero-order valence-electron chi connectivity index (χ0n) is 11.1. The van der Waals surface area contributed by atoms with Crippen molar-refractivity contribution in [3.8, 4) is 16.5 Å². The molecule has 2 heterocycles. The van der Waals surface area contributed by atoms with Gasteiger partial charge >= 0.3 is 0 Å². The van der Waals surface area contributed by atoms with E-state index in [9.17, 15) is 4.79 Å². The molecule has 2 aromatic heterocycles. The molecule has 106 valence electrons. The molecule has 1 aromatic carbocycles. The van der Waals surface area contributed by atoms with Crippen LogP contribution in [0.3, 0.4) is 0 Å². The summed E-state index contributed by atoms with van der Waals surface area (Å²) in [7, 11) is 1.53. The number of ether oxygens (including phenoxy) is 1. The molecular formula is C14H11N3O2S2. The van der Waals surface area contributed by atoms with Crippen LogP contribution >= 0.6 is 22.9 Å². The second-order valence-corrected chi connectivity index (χ2v) is 5.75. The Kier molecular flexibility index (Phi) is 3.94. The van der Waals surface area contributed by atoms with Gasteiger partial charge in [-0.3, -0.25) is 10.1 Å². The van der Waals surface area contributed by atoms with Gasteiger partial charge in [0, 0.05) is 11.5 Å². The van der Waals surface area contributed by atoms with Crippen LogP contribution in [0.1, 0.15) is 10.4 Å². The van der Waals surface area contributed by atoms with Crippen molar-refractivity contribution in [2.24, 2.45) is 0 Å². The largest absolute Gasteiger partial charge is 0.496 e. The van der Waals surface area contributed by atoms with Crippen LogP contribution in [-0.2, 0) is 0 Å². The predicted molar refractivity (Wildman–Crippen MR) is 84.2 cm³/mol. The Bertz CT molecular complexity index is 753. The molecule has 0 saturated heterocycles. The smallest absolute Gasteiger partial charge is 0.261 e. The molecule has 3 rings (SSSR count). The van der Waals surface area contributed by atoms with E-state index in [1.54, 1.807) is 29.5 Å². The minimum atomic E-state index is -0.263.